The van der Waals surface area contributed by atoms with E-state index in [1.165, 1.54) is 6.39 Å². The molecule has 0 fully saturated rings. The van der Waals surface area contributed by atoms with Crippen molar-refractivity contribution in [2.24, 2.45) is 0 Å². The van der Waals surface area contributed by atoms with E-state index in [0.29, 0.717) is 32.1 Å². The average molecular weight is 261 g/mol. The molecular formula is C13H15N3O3. The molecule has 0 aromatic carbocycles. The maximum atomic E-state index is 5.52. The highest BCUT2D eigenvalue weighted by Gasteiger charge is 2.12. The molecule has 2 aromatic heterocycles. The van der Waals surface area contributed by atoms with Gasteiger partial charge in [0, 0.05) is 19.2 Å². The van der Waals surface area contributed by atoms with E-state index in [2.05, 4.69) is 15.3 Å². The van der Waals surface area contributed by atoms with Gasteiger partial charge in [-0.1, -0.05) is 0 Å². The van der Waals surface area contributed by atoms with Crippen molar-refractivity contribution in [3.05, 3.63) is 35.8 Å². The van der Waals surface area contributed by atoms with Crippen LogP contribution in [0.5, 0.6) is 11.5 Å². The van der Waals surface area contributed by atoms with Crippen LogP contribution in [0.3, 0.4) is 0 Å². The minimum atomic E-state index is 0.581. The number of oxazole rings is 1. The molecule has 100 valence electrons. The van der Waals surface area contributed by atoms with Crippen LogP contribution in [0.1, 0.15) is 17.1 Å². The maximum Gasteiger partial charge on any atom is 0.181 e. The first kappa shape index (κ1) is 12.0. The molecule has 0 bridgehead atoms. The number of hydrogen-bond acceptors (Lipinski definition) is 6. The summed E-state index contributed by atoms with van der Waals surface area (Å²) in [5.74, 6) is 2.31. The standard InChI is InChI=1S/C13H15N3O3/c1-9-11(16-8-19-9)6-14-5-10-4-12-13(7-15-10)18-3-2-17-12/h4,7-8,14H,2-3,5-6H2,1H3. The lowest BCUT2D eigenvalue weighted by molar-refractivity contribution is 0.170. The van der Waals surface area contributed by atoms with E-state index < -0.39 is 0 Å². The molecule has 1 N–H and O–H groups in total. The predicted molar refractivity (Wildman–Crippen MR) is 67.0 cm³/mol. The van der Waals surface area contributed by atoms with Gasteiger partial charge in [0.1, 0.15) is 19.0 Å². The Morgan fingerprint density at radius 2 is 2.00 bits per heavy atom. The lowest BCUT2D eigenvalue weighted by atomic mass is 10.3. The van der Waals surface area contributed by atoms with E-state index in [1.807, 2.05) is 13.0 Å². The monoisotopic (exact) mass is 261 g/mol. The first-order valence-corrected chi connectivity index (χ1v) is 6.17. The highest BCUT2D eigenvalue weighted by molar-refractivity contribution is 5.39. The van der Waals surface area contributed by atoms with Crippen molar-refractivity contribution in [1.82, 2.24) is 15.3 Å². The van der Waals surface area contributed by atoms with Crippen LogP contribution in [0.15, 0.2) is 23.1 Å². The summed E-state index contributed by atoms with van der Waals surface area (Å²) in [4.78, 5) is 8.44. The smallest absolute Gasteiger partial charge is 0.181 e. The Bertz CT molecular complexity index is 568. The molecule has 0 atom stereocenters. The van der Waals surface area contributed by atoms with Gasteiger partial charge in [0.2, 0.25) is 0 Å². The molecule has 6 heteroatoms. The lowest BCUT2D eigenvalue weighted by Crippen LogP contribution is -2.18. The zero-order valence-electron chi connectivity index (χ0n) is 10.7. The van der Waals surface area contributed by atoms with Crippen LogP contribution in [0.4, 0.5) is 0 Å². The van der Waals surface area contributed by atoms with E-state index in [0.717, 1.165) is 22.9 Å². The van der Waals surface area contributed by atoms with Crippen molar-refractivity contribution < 1.29 is 13.9 Å². The van der Waals surface area contributed by atoms with Crippen LogP contribution < -0.4 is 14.8 Å². The number of hydrogen-bond donors (Lipinski definition) is 1. The van der Waals surface area contributed by atoms with E-state index in [1.54, 1.807) is 6.20 Å². The fourth-order valence-electron chi connectivity index (χ4n) is 1.89. The van der Waals surface area contributed by atoms with Crippen molar-refractivity contribution >= 4 is 0 Å². The predicted octanol–water partition coefficient (Wildman–Crippen LogP) is 1.44. The zero-order chi connectivity index (χ0) is 13.1. The maximum absolute atomic E-state index is 5.52. The molecule has 0 aliphatic carbocycles. The molecule has 0 spiro atoms. The number of rotatable bonds is 4. The largest absolute Gasteiger partial charge is 0.486 e. The van der Waals surface area contributed by atoms with Gasteiger partial charge in [0.05, 0.1) is 17.6 Å². The van der Waals surface area contributed by atoms with E-state index in [4.69, 9.17) is 13.9 Å². The Hall–Kier alpha value is -2.08. The number of aromatic nitrogens is 2. The molecule has 19 heavy (non-hydrogen) atoms. The van der Waals surface area contributed by atoms with Gasteiger partial charge in [-0.05, 0) is 6.92 Å². The van der Waals surface area contributed by atoms with Crippen molar-refractivity contribution in [1.29, 1.82) is 0 Å². The Morgan fingerprint density at radius 3 is 2.79 bits per heavy atom. The molecule has 3 rings (SSSR count). The summed E-state index contributed by atoms with van der Waals surface area (Å²) in [6, 6.07) is 1.90. The van der Waals surface area contributed by atoms with E-state index in [-0.39, 0.29) is 0 Å². The van der Waals surface area contributed by atoms with Crippen LogP contribution in [0.2, 0.25) is 0 Å². The Morgan fingerprint density at radius 1 is 1.16 bits per heavy atom. The van der Waals surface area contributed by atoms with E-state index >= 15 is 0 Å². The SMILES string of the molecule is Cc1ocnc1CNCc1cc2c(cn1)OCCO2. The third-order valence-electron chi connectivity index (χ3n) is 2.93. The summed E-state index contributed by atoms with van der Waals surface area (Å²) in [6.45, 7) is 4.35. The third-order valence-corrected chi connectivity index (χ3v) is 2.93. The normalized spacial score (nSPS) is 13.5. The highest BCUT2D eigenvalue weighted by atomic mass is 16.6. The van der Waals surface area contributed by atoms with Gasteiger partial charge in [-0.3, -0.25) is 4.98 Å². The summed E-state index contributed by atoms with van der Waals surface area (Å²) in [6.07, 6.45) is 3.15. The number of fused-ring (bicyclic) bond motifs is 1. The molecule has 0 radical (unpaired) electrons. The molecule has 6 nitrogen and oxygen atoms in total. The molecule has 0 unspecified atom stereocenters. The fourth-order valence-corrected chi connectivity index (χ4v) is 1.89. The van der Waals surface area contributed by atoms with Gasteiger partial charge in [0.25, 0.3) is 0 Å². The Balaban J connectivity index is 1.59. The number of ether oxygens (including phenoxy) is 2. The summed E-state index contributed by atoms with van der Waals surface area (Å²) in [5, 5.41) is 3.27. The summed E-state index contributed by atoms with van der Waals surface area (Å²) in [5.41, 5.74) is 1.82. The van der Waals surface area contributed by atoms with Crippen LogP contribution in [-0.2, 0) is 13.1 Å². The number of nitrogens with one attached hydrogen (secondary N) is 1. The topological polar surface area (TPSA) is 69.4 Å². The molecule has 0 saturated heterocycles. The van der Waals surface area contributed by atoms with Crippen LogP contribution in [0, 0.1) is 6.92 Å². The quantitative estimate of drug-likeness (QED) is 0.898. The van der Waals surface area contributed by atoms with Gasteiger partial charge in [0.15, 0.2) is 17.9 Å². The molecule has 2 aromatic rings. The highest BCUT2D eigenvalue weighted by Crippen LogP contribution is 2.29. The van der Waals surface area contributed by atoms with Crippen LogP contribution in [0.25, 0.3) is 0 Å². The lowest BCUT2D eigenvalue weighted by Gasteiger charge is -2.18. The van der Waals surface area contributed by atoms with Gasteiger partial charge in [-0.2, -0.15) is 0 Å². The van der Waals surface area contributed by atoms with E-state index in [9.17, 15) is 0 Å². The van der Waals surface area contributed by atoms with Gasteiger partial charge in [-0.25, -0.2) is 4.98 Å². The summed E-state index contributed by atoms with van der Waals surface area (Å²) >= 11 is 0. The molecule has 3 heterocycles. The van der Waals surface area contributed by atoms with Crippen LogP contribution >= 0.6 is 0 Å². The Labute approximate surface area is 110 Å². The first-order chi connectivity index (χ1) is 9.33. The molecule has 0 saturated carbocycles. The minimum Gasteiger partial charge on any atom is -0.486 e. The second kappa shape index (κ2) is 5.27. The first-order valence-electron chi connectivity index (χ1n) is 6.17. The average Bonchev–Trinajstić information content (AvgIpc) is 2.84. The zero-order valence-corrected chi connectivity index (χ0v) is 10.7. The molecular weight excluding hydrogens is 246 g/mol. The number of pyridine rings is 1. The van der Waals surface area contributed by atoms with Crippen molar-refractivity contribution in [2.75, 3.05) is 13.2 Å². The second-order valence-corrected chi connectivity index (χ2v) is 4.28. The Kier molecular flexibility index (Phi) is 3.33. The van der Waals surface area contributed by atoms with Gasteiger partial charge >= 0.3 is 0 Å². The minimum absolute atomic E-state index is 0.581. The van der Waals surface area contributed by atoms with Gasteiger partial charge in [-0.15, -0.1) is 0 Å². The third kappa shape index (κ3) is 2.68. The molecule has 1 aliphatic heterocycles. The second-order valence-electron chi connectivity index (χ2n) is 4.28. The number of nitrogens with zero attached hydrogens (tertiary/aromatic N) is 2. The molecule has 1 aliphatic rings. The van der Waals surface area contributed by atoms with Crippen molar-refractivity contribution in [2.45, 2.75) is 20.0 Å². The number of aryl methyl sites for hydroxylation is 1. The van der Waals surface area contributed by atoms with Gasteiger partial charge < -0.3 is 19.2 Å². The summed E-state index contributed by atoms with van der Waals surface area (Å²) < 4.78 is 16.1. The fraction of sp³-hybridized carbons (Fsp3) is 0.385. The van der Waals surface area contributed by atoms with Crippen molar-refractivity contribution in [3.8, 4) is 11.5 Å². The van der Waals surface area contributed by atoms with Crippen LogP contribution in [-0.4, -0.2) is 23.2 Å². The molecule has 0 amide bonds. The summed E-state index contributed by atoms with van der Waals surface area (Å²) in [7, 11) is 0. The van der Waals surface area contributed by atoms with Crippen molar-refractivity contribution in [3.63, 3.8) is 0 Å².